The second kappa shape index (κ2) is 8.06. The summed E-state index contributed by atoms with van der Waals surface area (Å²) in [7, 11) is 1.66. The third-order valence-electron chi connectivity index (χ3n) is 6.59. The monoisotopic (exact) mass is 418 g/mol. The molecule has 3 aromatic rings. The average molecular weight is 418 g/mol. The Labute approximate surface area is 180 Å². The third-order valence-corrected chi connectivity index (χ3v) is 6.59. The molecule has 2 aromatic heterocycles. The van der Waals surface area contributed by atoms with Crippen LogP contribution in [-0.2, 0) is 17.8 Å². The van der Waals surface area contributed by atoms with Gasteiger partial charge >= 0.3 is 0 Å². The molecule has 160 valence electrons. The van der Waals surface area contributed by atoms with E-state index in [1.165, 1.54) is 0 Å². The molecule has 2 aliphatic heterocycles. The predicted molar refractivity (Wildman–Crippen MR) is 116 cm³/mol. The van der Waals surface area contributed by atoms with E-state index < -0.39 is 0 Å². The maximum atomic E-state index is 13.0. The molecule has 0 N–H and O–H groups in total. The zero-order chi connectivity index (χ0) is 21.4. The summed E-state index contributed by atoms with van der Waals surface area (Å²) in [6.07, 6.45) is 5.21. The first-order valence-electron chi connectivity index (χ1n) is 10.7. The lowest BCUT2D eigenvalue weighted by Gasteiger charge is -2.47. The van der Waals surface area contributed by atoms with Crippen molar-refractivity contribution in [1.82, 2.24) is 19.2 Å². The van der Waals surface area contributed by atoms with Crippen molar-refractivity contribution in [3.05, 3.63) is 82.5 Å². The molecule has 1 saturated heterocycles. The number of likely N-dealkylation sites (tertiary alicyclic amines) is 1. The topological polar surface area (TPSA) is 69.4 Å². The highest BCUT2D eigenvalue weighted by Gasteiger charge is 2.41. The van der Waals surface area contributed by atoms with E-state index in [0.717, 1.165) is 29.8 Å². The summed E-state index contributed by atoms with van der Waals surface area (Å²) < 4.78 is 9.03. The minimum absolute atomic E-state index is 0.00681. The fourth-order valence-corrected chi connectivity index (χ4v) is 5.18. The van der Waals surface area contributed by atoms with Crippen LogP contribution in [-0.4, -0.2) is 45.4 Å². The molecule has 31 heavy (non-hydrogen) atoms. The van der Waals surface area contributed by atoms with Crippen LogP contribution in [0, 0.1) is 5.92 Å². The third kappa shape index (κ3) is 3.76. The SMILES string of the molecule is COc1cccc(C[C@H]2[C@H]3C[C@H](CN(C(=O)Cn4cccn4)C3)c3cccc(=O)n32)c1. The van der Waals surface area contributed by atoms with Crippen molar-refractivity contribution in [1.29, 1.82) is 0 Å². The number of methoxy groups -OCH3 is 1. The smallest absolute Gasteiger partial charge is 0.251 e. The van der Waals surface area contributed by atoms with Gasteiger partial charge in [-0.1, -0.05) is 18.2 Å². The molecule has 3 atom stereocenters. The summed E-state index contributed by atoms with van der Waals surface area (Å²) >= 11 is 0. The highest BCUT2D eigenvalue weighted by atomic mass is 16.5. The molecule has 7 nitrogen and oxygen atoms in total. The molecular formula is C24H26N4O3. The van der Waals surface area contributed by atoms with Crippen LogP contribution in [0.5, 0.6) is 5.75 Å². The van der Waals surface area contributed by atoms with Crippen LogP contribution in [0.3, 0.4) is 0 Å². The van der Waals surface area contributed by atoms with Crippen LogP contribution in [0.25, 0.3) is 0 Å². The van der Waals surface area contributed by atoms with E-state index in [1.807, 2.05) is 52.1 Å². The number of carbonyl (C=O) groups is 1. The number of ether oxygens (including phenoxy) is 1. The van der Waals surface area contributed by atoms with Crippen LogP contribution in [0.15, 0.2) is 65.7 Å². The van der Waals surface area contributed by atoms with E-state index in [0.29, 0.717) is 13.1 Å². The number of benzene rings is 1. The average Bonchev–Trinajstić information content (AvgIpc) is 3.30. The minimum Gasteiger partial charge on any atom is -0.497 e. The van der Waals surface area contributed by atoms with Crippen LogP contribution < -0.4 is 10.3 Å². The number of aromatic nitrogens is 3. The van der Waals surface area contributed by atoms with Crippen molar-refractivity contribution in [2.24, 2.45) is 5.92 Å². The van der Waals surface area contributed by atoms with Crippen molar-refractivity contribution in [2.75, 3.05) is 20.2 Å². The van der Waals surface area contributed by atoms with E-state index in [-0.39, 0.29) is 35.9 Å². The van der Waals surface area contributed by atoms with Crippen molar-refractivity contribution < 1.29 is 9.53 Å². The summed E-state index contributed by atoms with van der Waals surface area (Å²) in [4.78, 5) is 27.9. The Balaban J connectivity index is 1.47. The Kier molecular flexibility index (Phi) is 5.10. The number of fused-ring (bicyclic) bond motifs is 4. The Hall–Kier alpha value is -3.35. The number of nitrogens with zero attached hydrogens (tertiary/aromatic N) is 4. The lowest BCUT2D eigenvalue weighted by molar-refractivity contribution is -0.135. The van der Waals surface area contributed by atoms with Crippen LogP contribution in [0.1, 0.15) is 29.6 Å². The number of rotatable bonds is 5. The van der Waals surface area contributed by atoms with Gasteiger partial charge in [0.05, 0.1) is 7.11 Å². The molecule has 4 heterocycles. The molecule has 1 fully saturated rings. The van der Waals surface area contributed by atoms with E-state index in [9.17, 15) is 9.59 Å². The number of hydrogen-bond acceptors (Lipinski definition) is 4. The summed E-state index contributed by atoms with van der Waals surface area (Å²) in [5.41, 5.74) is 2.20. The molecule has 0 radical (unpaired) electrons. The first kappa shape index (κ1) is 19.6. The van der Waals surface area contributed by atoms with Gasteiger partial charge in [-0.05, 0) is 48.6 Å². The Bertz CT molecular complexity index is 1140. The Morgan fingerprint density at radius 1 is 1.16 bits per heavy atom. The second-order valence-electron chi connectivity index (χ2n) is 8.48. The minimum atomic E-state index is 0.00681. The van der Waals surface area contributed by atoms with Crippen molar-refractivity contribution in [3.63, 3.8) is 0 Å². The highest BCUT2D eigenvalue weighted by Crippen LogP contribution is 2.42. The fourth-order valence-electron chi connectivity index (χ4n) is 5.18. The highest BCUT2D eigenvalue weighted by molar-refractivity contribution is 5.76. The number of amides is 1. The van der Waals surface area contributed by atoms with Crippen molar-refractivity contribution >= 4 is 5.91 Å². The number of piperidine rings is 1. The van der Waals surface area contributed by atoms with Gasteiger partial charge in [0.1, 0.15) is 12.3 Å². The number of hydrogen-bond donors (Lipinski definition) is 0. The summed E-state index contributed by atoms with van der Waals surface area (Å²) in [5.74, 6) is 1.28. The molecule has 2 aliphatic rings. The molecule has 1 aromatic carbocycles. The van der Waals surface area contributed by atoms with E-state index in [4.69, 9.17) is 4.74 Å². The number of carbonyl (C=O) groups excluding carboxylic acids is 1. The molecule has 0 saturated carbocycles. The molecular weight excluding hydrogens is 392 g/mol. The summed E-state index contributed by atoms with van der Waals surface area (Å²) in [6.45, 7) is 1.55. The molecule has 0 aliphatic carbocycles. The predicted octanol–water partition coefficient (Wildman–Crippen LogP) is 2.48. The molecule has 5 rings (SSSR count). The summed E-state index contributed by atoms with van der Waals surface area (Å²) in [5, 5.41) is 4.17. The van der Waals surface area contributed by atoms with Crippen LogP contribution in [0.4, 0.5) is 0 Å². The zero-order valence-corrected chi connectivity index (χ0v) is 17.6. The zero-order valence-electron chi connectivity index (χ0n) is 17.6. The maximum absolute atomic E-state index is 13.0. The fraction of sp³-hybridized carbons (Fsp3) is 0.375. The van der Waals surface area contributed by atoms with Crippen LogP contribution >= 0.6 is 0 Å². The van der Waals surface area contributed by atoms with Gasteiger partial charge in [0.2, 0.25) is 5.91 Å². The van der Waals surface area contributed by atoms with E-state index in [1.54, 1.807) is 24.1 Å². The summed E-state index contributed by atoms with van der Waals surface area (Å²) in [6, 6.07) is 15.4. The van der Waals surface area contributed by atoms with Crippen LogP contribution in [0.2, 0.25) is 0 Å². The van der Waals surface area contributed by atoms with E-state index in [2.05, 4.69) is 11.2 Å². The lowest BCUT2D eigenvalue weighted by Crippen LogP contribution is -2.52. The van der Waals surface area contributed by atoms with Gasteiger partial charge in [0, 0.05) is 49.2 Å². The molecule has 0 unspecified atom stereocenters. The number of pyridine rings is 1. The molecule has 2 bridgehead atoms. The first-order valence-corrected chi connectivity index (χ1v) is 10.7. The maximum Gasteiger partial charge on any atom is 0.251 e. The first-order chi connectivity index (χ1) is 15.1. The van der Waals surface area contributed by atoms with Gasteiger partial charge in [-0.15, -0.1) is 0 Å². The van der Waals surface area contributed by atoms with Gasteiger partial charge < -0.3 is 14.2 Å². The Morgan fingerprint density at radius 3 is 2.84 bits per heavy atom. The molecule has 7 heteroatoms. The molecule has 0 spiro atoms. The lowest BCUT2D eigenvalue weighted by atomic mass is 9.76. The largest absolute Gasteiger partial charge is 0.497 e. The standard InChI is InChI=1S/C24H26N4O3/c1-31-20-6-2-5-17(11-20)12-22-19-13-18(21-7-3-8-23(29)28(21)22)14-26(15-19)24(30)16-27-10-4-9-25-27/h2-11,18-19,22H,12-16H2,1H3/t18-,19+,22+/m1/s1. The van der Waals surface area contributed by atoms with Crippen molar-refractivity contribution in [3.8, 4) is 5.75 Å². The van der Waals surface area contributed by atoms with Gasteiger partial charge in [0.25, 0.3) is 5.56 Å². The van der Waals surface area contributed by atoms with Gasteiger partial charge in [-0.3, -0.25) is 14.3 Å². The molecule has 1 amide bonds. The van der Waals surface area contributed by atoms with E-state index >= 15 is 0 Å². The van der Waals surface area contributed by atoms with Gasteiger partial charge in [-0.25, -0.2) is 0 Å². The van der Waals surface area contributed by atoms with Gasteiger partial charge in [-0.2, -0.15) is 5.10 Å². The van der Waals surface area contributed by atoms with Gasteiger partial charge in [0.15, 0.2) is 0 Å². The Morgan fingerprint density at radius 2 is 2.03 bits per heavy atom. The van der Waals surface area contributed by atoms with Crippen molar-refractivity contribution in [2.45, 2.75) is 31.3 Å². The normalized spacial score (nSPS) is 22.1. The quantitative estimate of drug-likeness (QED) is 0.638. The second-order valence-corrected chi connectivity index (χ2v) is 8.48.